The van der Waals surface area contributed by atoms with E-state index in [1.807, 2.05) is 0 Å². The molecule has 0 heterocycles. The molecule has 136 valence electrons. The highest BCUT2D eigenvalue weighted by Crippen LogP contribution is 2.27. The minimum atomic E-state index is -4.75. The van der Waals surface area contributed by atoms with Gasteiger partial charge in [0.25, 0.3) is 0 Å². The van der Waals surface area contributed by atoms with Crippen molar-refractivity contribution in [3.63, 3.8) is 0 Å². The fourth-order valence-electron chi connectivity index (χ4n) is 2.87. The van der Waals surface area contributed by atoms with E-state index in [9.17, 15) is 18.0 Å². The fraction of sp³-hybridized carbons (Fsp3) is 0.562. The monoisotopic (exact) mass is 366 g/mol. The summed E-state index contributed by atoms with van der Waals surface area (Å²) in [6.07, 6.45) is -0.462. The number of carbonyl (C=O) groups is 1. The predicted molar refractivity (Wildman–Crippen MR) is 86.8 cm³/mol. The summed E-state index contributed by atoms with van der Waals surface area (Å²) >= 11 is 0. The number of hydrogen-bond acceptors (Lipinski definition) is 3. The molecule has 1 aromatic carbocycles. The van der Waals surface area contributed by atoms with E-state index >= 15 is 0 Å². The number of amides is 1. The van der Waals surface area contributed by atoms with Crippen LogP contribution in [0.4, 0.5) is 13.2 Å². The van der Waals surface area contributed by atoms with Crippen LogP contribution in [0.1, 0.15) is 37.7 Å². The average molecular weight is 367 g/mol. The number of nitrogens with one attached hydrogen (secondary N) is 1. The molecule has 2 unspecified atom stereocenters. The Labute approximate surface area is 145 Å². The Kier molecular flexibility index (Phi) is 7.83. The quantitative estimate of drug-likeness (QED) is 0.837. The first kappa shape index (κ1) is 20.6. The second-order valence-electron chi connectivity index (χ2n) is 5.84. The molecule has 0 aliphatic heterocycles. The molecule has 0 aromatic heterocycles. The molecule has 1 amide bonds. The van der Waals surface area contributed by atoms with E-state index in [2.05, 4.69) is 10.1 Å². The van der Waals surface area contributed by atoms with Gasteiger partial charge in [-0.15, -0.1) is 25.6 Å². The largest absolute Gasteiger partial charge is 0.573 e. The second-order valence-corrected chi connectivity index (χ2v) is 5.84. The van der Waals surface area contributed by atoms with Gasteiger partial charge in [0.15, 0.2) is 0 Å². The maximum Gasteiger partial charge on any atom is 0.573 e. The lowest BCUT2D eigenvalue weighted by Crippen LogP contribution is -2.37. The number of nitrogens with two attached hydrogens (primary N) is 1. The zero-order valence-corrected chi connectivity index (χ0v) is 14.0. The molecule has 1 aliphatic rings. The van der Waals surface area contributed by atoms with Crippen molar-refractivity contribution >= 4 is 18.3 Å². The fourth-order valence-corrected chi connectivity index (χ4v) is 2.87. The maximum absolute atomic E-state index is 12.3. The van der Waals surface area contributed by atoms with Gasteiger partial charge in [-0.2, -0.15) is 0 Å². The first-order valence-corrected chi connectivity index (χ1v) is 7.71. The highest BCUT2D eigenvalue weighted by Gasteiger charge is 2.32. The van der Waals surface area contributed by atoms with Gasteiger partial charge >= 0.3 is 6.36 Å². The van der Waals surface area contributed by atoms with E-state index in [1.54, 1.807) is 6.07 Å². The molecule has 4 nitrogen and oxygen atoms in total. The molecule has 1 fully saturated rings. The average Bonchev–Trinajstić information content (AvgIpc) is 2.47. The van der Waals surface area contributed by atoms with E-state index in [0.29, 0.717) is 6.42 Å². The lowest BCUT2D eigenvalue weighted by molar-refractivity contribution is -0.274. The van der Waals surface area contributed by atoms with Crippen LogP contribution in [0.5, 0.6) is 5.75 Å². The topological polar surface area (TPSA) is 64.4 Å². The highest BCUT2D eigenvalue weighted by atomic mass is 35.5. The minimum Gasteiger partial charge on any atom is -0.405 e. The van der Waals surface area contributed by atoms with E-state index in [-0.39, 0.29) is 48.1 Å². The zero-order chi connectivity index (χ0) is 16.9. The van der Waals surface area contributed by atoms with Crippen LogP contribution in [0.25, 0.3) is 0 Å². The van der Waals surface area contributed by atoms with E-state index in [4.69, 9.17) is 5.73 Å². The molecule has 2 atom stereocenters. The first-order valence-electron chi connectivity index (χ1n) is 7.71. The van der Waals surface area contributed by atoms with Crippen molar-refractivity contribution in [3.05, 3.63) is 29.8 Å². The van der Waals surface area contributed by atoms with Crippen molar-refractivity contribution in [2.24, 2.45) is 11.7 Å². The standard InChI is InChI=1S/C16H21F3N2O2.ClH/c17-16(18,19)23-14-8-4-2-6-12(14)10-21-15(22)9-11-5-1-3-7-13(11)20;/h2,4,6,8,11,13H,1,3,5,7,9-10,20H2,(H,21,22);1H. The van der Waals surface area contributed by atoms with Crippen LogP contribution in [0, 0.1) is 5.92 Å². The minimum absolute atomic E-state index is 0. The van der Waals surface area contributed by atoms with Crippen LogP contribution in [0.2, 0.25) is 0 Å². The van der Waals surface area contributed by atoms with Gasteiger partial charge in [0, 0.05) is 24.6 Å². The van der Waals surface area contributed by atoms with Crippen LogP contribution in [-0.2, 0) is 11.3 Å². The van der Waals surface area contributed by atoms with Crippen molar-refractivity contribution in [1.29, 1.82) is 0 Å². The summed E-state index contributed by atoms with van der Waals surface area (Å²) in [6.45, 7) is -0.00690. The Morgan fingerprint density at radius 3 is 2.58 bits per heavy atom. The SMILES string of the molecule is Cl.NC1CCCCC1CC(=O)NCc1ccccc1OC(F)(F)F. The Hall–Kier alpha value is -1.47. The molecular weight excluding hydrogens is 345 g/mol. The zero-order valence-electron chi connectivity index (χ0n) is 13.1. The molecule has 0 radical (unpaired) electrons. The molecule has 3 N–H and O–H groups in total. The second kappa shape index (κ2) is 9.13. The number of ether oxygens (including phenoxy) is 1. The number of para-hydroxylation sites is 1. The Morgan fingerprint density at radius 2 is 1.92 bits per heavy atom. The summed E-state index contributed by atoms with van der Waals surface area (Å²) in [5.41, 5.74) is 6.29. The summed E-state index contributed by atoms with van der Waals surface area (Å²) in [5, 5.41) is 2.65. The lowest BCUT2D eigenvalue weighted by atomic mass is 9.83. The van der Waals surface area contributed by atoms with Gasteiger partial charge < -0.3 is 15.8 Å². The van der Waals surface area contributed by atoms with Crippen LogP contribution >= 0.6 is 12.4 Å². The van der Waals surface area contributed by atoms with E-state index in [1.165, 1.54) is 18.2 Å². The van der Waals surface area contributed by atoms with Gasteiger partial charge in [0.1, 0.15) is 5.75 Å². The third kappa shape index (κ3) is 6.57. The summed E-state index contributed by atoms with van der Waals surface area (Å²) in [4.78, 5) is 12.0. The lowest BCUT2D eigenvalue weighted by Gasteiger charge is -2.28. The Morgan fingerprint density at radius 1 is 1.25 bits per heavy atom. The van der Waals surface area contributed by atoms with Gasteiger partial charge in [-0.25, -0.2) is 0 Å². The van der Waals surface area contributed by atoms with Crippen LogP contribution in [-0.4, -0.2) is 18.3 Å². The maximum atomic E-state index is 12.3. The van der Waals surface area contributed by atoms with E-state index in [0.717, 1.165) is 25.7 Å². The summed E-state index contributed by atoms with van der Waals surface area (Å²) in [6, 6.07) is 5.80. The van der Waals surface area contributed by atoms with Crippen molar-refractivity contribution < 1.29 is 22.7 Å². The first-order chi connectivity index (χ1) is 10.8. The van der Waals surface area contributed by atoms with Crippen molar-refractivity contribution in [3.8, 4) is 5.75 Å². The van der Waals surface area contributed by atoms with Gasteiger partial charge in [0.2, 0.25) is 5.91 Å². The van der Waals surface area contributed by atoms with Gasteiger partial charge in [0.05, 0.1) is 0 Å². The molecule has 0 bridgehead atoms. The number of hydrogen-bond donors (Lipinski definition) is 2. The van der Waals surface area contributed by atoms with Crippen molar-refractivity contribution in [2.75, 3.05) is 0 Å². The molecule has 1 saturated carbocycles. The molecular formula is C16H22ClF3N2O2. The van der Waals surface area contributed by atoms with Crippen molar-refractivity contribution in [2.45, 2.75) is 51.1 Å². The molecule has 8 heteroatoms. The van der Waals surface area contributed by atoms with Gasteiger partial charge in [-0.1, -0.05) is 31.0 Å². The predicted octanol–water partition coefficient (Wildman–Crippen LogP) is 3.53. The van der Waals surface area contributed by atoms with Crippen molar-refractivity contribution in [1.82, 2.24) is 5.32 Å². The molecule has 1 aliphatic carbocycles. The van der Waals surface area contributed by atoms with E-state index < -0.39 is 6.36 Å². The van der Waals surface area contributed by atoms with Crippen LogP contribution in [0.15, 0.2) is 24.3 Å². The Balaban J connectivity index is 0.00000288. The van der Waals surface area contributed by atoms with Gasteiger partial charge in [-0.3, -0.25) is 4.79 Å². The van der Waals surface area contributed by atoms with Crippen LogP contribution < -0.4 is 15.8 Å². The smallest absolute Gasteiger partial charge is 0.405 e. The molecule has 1 aromatic rings. The summed E-state index contributed by atoms with van der Waals surface area (Å²) < 4.78 is 41.0. The number of alkyl halides is 3. The Bertz CT molecular complexity index is 540. The molecule has 0 saturated heterocycles. The number of benzene rings is 1. The van der Waals surface area contributed by atoms with Crippen LogP contribution in [0.3, 0.4) is 0 Å². The number of carbonyl (C=O) groups excluding carboxylic acids is 1. The molecule has 0 spiro atoms. The third-order valence-corrected chi connectivity index (χ3v) is 4.09. The third-order valence-electron chi connectivity index (χ3n) is 4.09. The highest BCUT2D eigenvalue weighted by molar-refractivity contribution is 5.85. The number of rotatable bonds is 5. The summed E-state index contributed by atoms with van der Waals surface area (Å²) in [7, 11) is 0. The van der Waals surface area contributed by atoms with Gasteiger partial charge in [-0.05, 0) is 24.8 Å². The molecule has 2 rings (SSSR count). The summed E-state index contributed by atoms with van der Waals surface area (Å²) in [5.74, 6) is -0.353. The number of halogens is 4. The molecule has 24 heavy (non-hydrogen) atoms. The normalized spacial score (nSPS) is 20.8.